The quantitative estimate of drug-likeness (QED) is 0.658. The molecule has 1 saturated heterocycles. The van der Waals surface area contributed by atoms with Crippen LogP contribution in [0.4, 0.5) is 0 Å². The lowest BCUT2D eigenvalue weighted by Gasteiger charge is -2.28. The summed E-state index contributed by atoms with van der Waals surface area (Å²) in [5, 5.41) is 14.1. The van der Waals surface area contributed by atoms with Gasteiger partial charge in [0.15, 0.2) is 0 Å². The molecule has 6 heteroatoms. The Labute approximate surface area is 156 Å². The van der Waals surface area contributed by atoms with Gasteiger partial charge in [0.1, 0.15) is 10.4 Å². The van der Waals surface area contributed by atoms with Gasteiger partial charge in [-0.3, -0.25) is 9.69 Å². The molecule has 1 aliphatic rings. The highest BCUT2D eigenvalue weighted by Gasteiger charge is 2.15. The van der Waals surface area contributed by atoms with Crippen molar-refractivity contribution in [1.29, 1.82) is 0 Å². The number of H-pyrrole nitrogens is 1. The van der Waals surface area contributed by atoms with Crippen LogP contribution in [0.15, 0.2) is 34.4 Å². The molecule has 138 valence electrons. The topological polar surface area (TPSA) is 82.3 Å². The lowest BCUT2D eigenvalue weighted by atomic mass is 10.0. The van der Waals surface area contributed by atoms with E-state index in [9.17, 15) is 9.90 Å². The minimum absolute atomic E-state index is 0. The van der Waals surface area contributed by atoms with E-state index in [1.807, 2.05) is 17.5 Å². The van der Waals surface area contributed by atoms with Crippen molar-refractivity contribution in [3.05, 3.63) is 45.6 Å². The maximum atomic E-state index is 12.2. The molecule has 3 heterocycles. The molecule has 0 amide bonds. The predicted molar refractivity (Wildman–Crippen MR) is 111 cm³/mol. The lowest BCUT2D eigenvalue weighted by molar-refractivity contribution is 0.234. The van der Waals surface area contributed by atoms with E-state index in [0.717, 1.165) is 54.3 Å². The second kappa shape index (κ2) is 7.61. The number of benzene rings is 1. The van der Waals surface area contributed by atoms with Gasteiger partial charge in [-0.25, -0.2) is 0 Å². The fourth-order valence-electron chi connectivity index (χ4n) is 3.49. The maximum absolute atomic E-state index is 12.2. The smallest absolute Gasteiger partial charge is 0.266 e. The number of aromatic amines is 1. The number of hydrogen-bond acceptors (Lipinski definition) is 5. The van der Waals surface area contributed by atoms with Crippen LogP contribution >= 0.6 is 11.3 Å². The highest BCUT2D eigenvalue weighted by atomic mass is 32.1. The van der Waals surface area contributed by atoms with E-state index < -0.39 is 0 Å². The normalized spacial score (nSPS) is 16.5. The molecule has 4 rings (SSSR count). The molecular formula is C20H25N3O2S. The Morgan fingerprint density at radius 3 is 2.85 bits per heavy atom. The molecule has 0 atom stereocenters. The minimum atomic E-state index is -0.0808. The van der Waals surface area contributed by atoms with Crippen LogP contribution in [0.3, 0.4) is 0 Å². The summed E-state index contributed by atoms with van der Waals surface area (Å²) in [5.41, 5.74) is 7.37. The first-order valence-electron chi connectivity index (χ1n) is 8.53. The van der Waals surface area contributed by atoms with Gasteiger partial charge in [0.2, 0.25) is 0 Å². The molecule has 4 N–H and O–H groups in total. The van der Waals surface area contributed by atoms with Crippen LogP contribution in [0.1, 0.15) is 25.8 Å². The highest BCUT2D eigenvalue weighted by Crippen LogP contribution is 2.33. The third-order valence-electron chi connectivity index (χ3n) is 4.89. The van der Waals surface area contributed by atoms with Crippen molar-refractivity contribution in [2.45, 2.75) is 26.3 Å². The van der Waals surface area contributed by atoms with Gasteiger partial charge < -0.3 is 15.8 Å². The summed E-state index contributed by atoms with van der Waals surface area (Å²) in [6.45, 7) is 2.85. The molecule has 0 radical (unpaired) electrons. The summed E-state index contributed by atoms with van der Waals surface area (Å²) in [4.78, 5) is 17.4. The summed E-state index contributed by atoms with van der Waals surface area (Å²) >= 11 is 1.42. The van der Waals surface area contributed by atoms with E-state index in [4.69, 9.17) is 5.73 Å². The van der Waals surface area contributed by atoms with Gasteiger partial charge in [-0.2, -0.15) is 0 Å². The van der Waals surface area contributed by atoms with Gasteiger partial charge in [-0.05, 0) is 49.5 Å². The van der Waals surface area contributed by atoms with Crippen molar-refractivity contribution in [2.24, 2.45) is 5.73 Å². The Balaban J connectivity index is 0.00000196. The number of hydrogen-bond donors (Lipinski definition) is 3. The molecule has 1 fully saturated rings. The van der Waals surface area contributed by atoms with Crippen molar-refractivity contribution in [2.75, 3.05) is 19.6 Å². The van der Waals surface area contributed by atoms with Crippen LogP contribution in [0.2, 0.25) is 0 Å². The molecule has 26 heavy (non-hydrogen) atoms. The second-order valence-electron chi connectivity index (χ2n) is 6.58. The first kappa shape index (κ1) is 18.6. The maximum Gasteiger partial charge on any atom is 0.266 e. The molecule has 3 aromatic rings. The zero-order valence-corrected chi connectivity index (χ0v) is 14.7. The lowest BCUT2D eigenvalue weighted by Crippen LogP contribution is -2.39. The largest absolute Gasteiger partial charge is 0.507 e. The van der Waals surface area contributed by atoms with E-state index >= 15 is 0 Å². The van der Waals surface area contributed by atoms with E-state index in [1.54, 1.807) is 12.1 Å². The van der Waals surface area contributed by atoms with Crippen molar-refractivity contribution >= 4 is 38.4 Å². The highest BCUT2D eigenvalue weighted by molar-refractivity contribution is 7.17. The van der Waals surface area contributed by atoms with Crippen LogP contribution in [0.25, 0.3) is 27.1 Å². The Morgan fingerprint density at radius 1 is 1.31 bits per heavy atom. The Hall–Kier alpha value is -2.15. The number of thiophene rings is 1. The molecule has 0 saturated carbocycles. The van der Waals surface area contributed by atoms with E-state index in [-0.39, 0.29) is 18.7 Å². The fraction of sp³-hybridized carbons (Fsp3) is 0.350. The molecule has 0 aliphatic carbocycles. The van der Waals surface area contributed by atoms with Gasteiger partial charge in [-0.1, -0.05) is 19.6 Å². The molecule has 5 nitrogen and oxygen atoms in total. The number of rotatable bonds is 3. The number of pyridine rings is 1. The summed E-state index contributed by atoms with van der Waals surface area (Å²) in [5.74, 6) is 0.226. The minimum Gasteiger partial charge on any atom is -0.507 e. The summed E-state index contributed by atoms with van der Waals surface area (Å²) in [7, 11) is 0. The zero-order valence-electron chi connectivity index (χ0n) is 13.9. The average molecular weight is 372 g/mol. The first-order chi connectivity index (χ1) is 12.1. The third-order valence-corrected chi connectivity index (χ3v) is 5.81. The second-order valence-corrected chi connectivity index (χ2v) is 7.49. The third kappa shape index (κ3) is 3.40. The average Bonchev–Trinajstić information content (AvgIpc) is 3.09. The molecule has 2 aromatic heterocycles. The fourth-order valence-corrected chi connectivity index (χ4v) is 4.28. The molecule has 0 bridgehead atoms. The number of aromatic hydroxyl groups is 1. The number of nitrogens with two attached hydrogens (primary N) is 1. The first-order valence-corrected chi connectivity index (χ1v) is 9.41. The predicted octanol–water partition coefficient (Wildman–Crippen LogP) is 3.52. The van der Waals surface area contributed by atoms with Crippen LogP contribution in [0, 0.1) is 0 Å². The molecule has 1 aliphatic heterocycles. The standard InChI is InChI=1S/C19H21N3O2S.CH4/c20-12-5-9-22(10-6-12)8-1-2-13-16(23)4-3-15-17(13)14-7-11-25-18(14)19(24)21-15;/h1-4,7,11-12,23H,5-6,8-10,20H2,(H,21,24);1H4/b2-1+;. The van der Waals surface area contributed by atoms with Gasteiger partial charge >= 0.3 is 0 Å². The number of fused-ring (bicyclic) bond motifs is 3. The van der Waals surface area contributed by atoms with Gasteiger partial charge in [0, 0.05) is 34.4 Å². The number of nitrogens with zero attached hydrogens (tertiary/aromatic N) is 1. The molecular weight excluding hydrogens is 346 g/mol. The molecule has 0 spiro atoms. The van der Waals surface area contributed by atoms with E-state index in [2.05, 4.69) is 16.0 Å². The van der Waals surface area contributed by atoms with Crippen molar-refractivity contribution < 1.29 is 5.11 Å². The number of phenolic OH excluding ortho intramolecular Hbond substituents is 1. The molecule has 1 aromatic carbocycles. The Bertz CT molecular complexity index is 997. The van der Waals surface area contributed by atoms with Gasteiger partial charge in [0.25, 0.3) is 5.56 Å². The SMILES string of the molecule is C.NC1CCN(C/C=C/c2c(O)ccc3[nH]c(=O)c4sccc4c23)CC1. The Morgan fingerprint density at radius 2 is 2.08 bits per heavy atom. The monoisotopic (exact) mass is 371 g/mol. The van der Waals surface area contributed by atoms with Gasteiger partial charge in [-0.15, -0.1) is 11.3 Å². The summed E-state index contributed by atoms with van der Waals surface area (Å²) < 4.78 is 0.692. The van der Waals surface area contributed by atoms with E-state index in [0.29, 0.717) is 10.7 Å². The number of phenols is 1. The molecule has 0 unspecified atom stereocenters. The van der Waals surface area contributed by atoms with Crippen molar-refractivity contribution in [3.8, 4) is 5.75 Å². The summed E-state index contributed by atoms with van der Waals surface area (Å²) in [6.07, 6.45) is 6.10. The Kier molecular flexibility index (Phi) is 5.46. The van der Waals surface area contributed by atoms with Crippen molar-refractivity contribution in [1.82, 2.24) is 9.88 Å². The number of piperidine rings is 1. The van der Waals surface area contributed by atoms with Gasteiger partial charge in [0.05, 0.1) is 0 Å². The zero-order chi connectivity index (χ0) is 17.4. The van der Waals surface area contributed by atoms with Crippen LogP contribution in [0.5, 0.6) is 5.75 Å². The number of likely N-dealkylation sites (tertiary alicyclic amines) is 1. The summed E-state index contributed by atoms with van der Waals surface area (Å²) in [6, 6.07) is 5.66. The van der Waals surface area contributed by atoms with Crippen molar-refractivity contribution in [3.63, 3.8) is 0 Å². The number of aromatic nitrogens is 1. The number of nitrogens with one attached hydrogen (secondary N) is 1. The van der Waals surface area contributed by atoms with Crippen LogP contribution in [-0.4, -0.2) is 40.7 Å². The van der Waals surface area contributed by atoms with Crippen LogP contribution in [-0.2, 0) is 0 Å². The van der Waals surface area contributed by atoms with Crippen LogP contribution < -0.4 is 11.3 Å². The van der Waals surface area contributed by atoms with E-state index in [1.165, 1.54) is 11.3 Å².